The Bertz CT molecular complexity index is 2110. The van der Waals surface area contributed by atoms with Crippen LogP contribution < -0.4 is 98.9 Å². The molecule has 0 heterocycles. The van der Waals surface area contributed by atoms with Crippen LogP contribution in [-0.4, -0.2) is 44.8 Å². The molecule has 0 saturated carbocycles. The summed E-state index contributed by atoms with van der Waals surface area (Å²) < 4.78 is 103. The first-order valence-corrected chi connectivity index (χ1v) is 15.3. The molecule has 0 aromatic heterocycles. The number of nitrogens with zero attached hydrogens (tertiary/aromatic N) is 3. The van der Waals surface area contributed by atoms with Crippen LogP contribution in [0.4, 0.5) is 17.1 Å². The maximum absolute atomic E-state index is 13.6. The molecular formula is C24H16N3Na3O11S3. The Hall–Kier alpha value is -1.26. The zero-order valence-corrected chi connectivity index (χ0v) is 31.9. The maximum atomic E-state index is 13.6. The van der Waals surface area contributed by atoms with E-state index in [9.17, 15) is 49.1 Å². The first-order chi connectivity index (χ1) is 19.0. The number of aliphatic imine (C=N–C) groups is 1. The Morgan fingerprint density at radius 3 is 1.89 bits per heavy atom. The molecule has 0 unspecified atom stereocenters. The number of aryl methyl sites for hydroxylation is 1. The molecular weight excluding hydrogens is 671 g/mol. The number of benzene rings is 4. The average Bonchev–Trinajstić information content (AvgIpc) is 2.87. The first kappa shape index (κ1) is 40.8. The van der Waals surface area contributed by atoms with E-state index < -0.39 is 84.5 Å². The summed E-state index contributed by atoms with van der Waals surface area (Å²) in [6, 6.07) is 12.7. The minimum Gasteiger partial charge on any atom is -0.870 e. The molecule has 0 aliphatic carbocycles. The average molecular weight is 688 g/mol. The molecule has 0 aliphatic heterocycles. The summed E-state index contributed by atoms with van der Waals surface area (Å²) in [5, 5.41) is 32.4. The number of hydrogen-bond acceptors (Lipinski definition) is 12. The van der Waals surface area contributed by atoms with Crippen molar-refractivity contribution in [1.29, 1.82) is 0 Å². The van der Waals surface area contributed by atoms with Gasteiger partial charge < -0.3 is 14.8 Å². The first-order valence-electron chi connectivity index (χ1n) is 11.0. The van der Waals surface area contributed by atoms with Gasteiger partial charge in [0.15, 0.2) is 0 Å². The van der Waals surface area contributed by atoms with Crippen LogP contribution in [0.15, 0.2) is 96.6 Å². The summed E-state index contributed by atoms with van der Waals surface area (Å²) in [7, 11) is -15.3. The van der Waals surface area contributed by atoms with Gasteiger partial charge in [-0.05, 0) is 59.7 Å². The van der Waals surface area contributed by atoms with Crippen molar-refractivity contribution in [2.75, 3.05) is 0 Å². The van der Waals surface area contributed by atoms with Gasteiger partial charge in [0.05, 0.1) is 16.3 Å². The fourth-order valence-electron chi connectivity index (χ4n) is 3.72. The number of rotatable bonds is 7. The molecule has 0 aliphatic rings. The van der Waals surface area contributed by atoms with Crippen LogP contribution in [0.5, 0.6) is 5.75 Å². The summed E-state index contributed by atoms with van der Waals surface area (Å²) >= 11 is 0. The topological polar surface area (TPSA) is 249 Å². The van der Waals surface area contributed by atoms with Gasteiger partial charge in [-0.25, -0.2) is 8.42 Å². The van der Waals surface area contributed by atoms with E-state index in [-0.39, 0.29) is 94.2 Å². The zero-order chi connectivity index (χ0) is 30.3. The fourth-order valence-corrected chi connectivity index (χ4v) is 5.61. The molecule has 2 N–H and O–H groups in total. The van der Waals surface area contributed by atoms with Gasteiger partial charge in [0.1, 0.15) is 25.6 Å². The SMILES string of the molecule is Cc1ccc(N=Nc2c(S(=O)(=O)O)cc3cc(S(=O)(=O)[O-])cc(N=C([O-])c4ccccc4)c3c2[O-])c(S(=O)(=O)O)c1.[Na+].[Na+].[Na+]. The third kappa shape index (κ3) is 9.40. The maximum Gasteiger partial charge on any atom is 1.00 e. The number of fused-ring (bicyclic) bond motifs is 1. The van der Waals surface area contributed by atoms with Crippen molar-refractivity contribution in [3.05, 3.63) is 77.9 Å². The van der Waals surface area contributed by atoms with Gasteiger partial charge in [-0.3, -0.25) is 14.1 Å². The molecule has 0 fully saturated rings. The Balaban J connectivity index is 0.00000323. The van der Waals surface area contributed by atoms with Crippen molar-refractivity contribution >= 4 is 64.1 Å². The van der Waals surface area contributed by atoms with Crippen LogP contribution in [-0.2, 0) is 30.4 Å². The van der Waals surface area contributed by atoms with Crippen molar-refractivity contribution in [3.8, 4) is 5.75 Å². The van der Waals surface area contributed by atoms with Crippen molar-refractivity contribution in [2.45, 2.75) is 21.6 Å². The molecule has 214 valence electrons. The quantitative estimate of drug-likeness (QED) is 0.0608. The summed E-state index contributed by atoms with van der Waals surface area (Å²) in [4.78, 5) is 0.895. The van der Waals surface area contributed by atoms with Gasteiger partial charge >= 0.3 is 88.7 Å². The van der Waals surface area contributed by atoms with Gasteiger partial charge in [0.2, 0.25) is 0 Å². The fraction of sp³-hybridized carbons (Fsp3) is 0.0417. The van der Waals surface area contributed by atoms with E-state index in [0.29, 0.717) is 23.8 Å². The zero-order valence-electron chi connectivity index (χ0n) is 23.5. The third-order valence-electron chi connectivity index (χ3n) is 5.54. The largest absolute Gasteiger partial charge is 1.00 e. The van der Waals surface area contributed by atoms with E-state index in [1.807, 2.05) is 0 Å². The van der Waals surface area contributed by atoms with Crippen LogP contribution in [0.25, 0.3) is 10.8 Å². The van der Waals surface area contributed by atoms with Crippen LogP contribution in [0.2, 0.25) is 0 Å². The van der Waals surface area contributed by atoms with E-state index in [1.54, 1.807) is 6.07 Å². The van der Waals surface area contributed by atoms with E-state index in [1.165, 1.54) is 37.3 Å². The van der Waals surface area contributed by atoms with Gasteiger partial charge in [-0.1, -0.05) is 42.1 Å². The minimum absolute atomic E-state index is 0. The van der Waals surface area contributed by atoms with Gasteiger partial charge in [0, 0.05) is 5.39 Å². The van der Waals surface area contributed by atoms with Crippen LogP contribution in [0.3, 0.4) is 0 Å². The van der Waals surface area contributed by atoms with Crippen LogP contribution in [0.1, 0.15) is 11.1 Å². The summed E-state index contributed by atoms with van der Waals surface area (Å²) in [5.74, 6) is -2.28. The molecule has 44 heavy (non-hydrogen) atoms. The Morgan fingerprint density at radius 1 is 0.750 bits per heavy atom. The molecule has 0 amide bonds. The normalized spacial score (nSPS) is 12.3. The molecule has 0 bridgehead atoms. The smallest absolute Gasteiger partial charge is 0.870 e. The second-order valence-corrected chi connectivity index (χ2v) is 12.6. The van der Waals surface area contributed by atoms with E-state index >= 15 is 0 Å². The molecule has 4 aromatic rings. The van der Waals surface area contributed by atoms with Gasteiger partial charge in [-0.15, -0.1) is 10.2 Å². The molecule has 20 heteroatoms. The molecule has 0 saturated heterocycles. The third-order valence-corrected chi connectivity index (χ3v) is 8.11. The second-order valence-electron chi connectivity index (χ2n) is 8.45. The number of hydrogen-bond donors (Lipinski definition) is 2. The van der Waals surface area contributed by atoms with Gasteiger partial charge in [-0.2, -0.15) is 16.8 Å². The van der Waals surface area contributed by atoms with Crippen molar-refractivity contribution in [1.82, 2.24) is 0 Å². The summed E-state index contributed by atoms with van der Waals surface area (Å²) in [6.07, 6.45) is 0. The Labute approximate surface area is 318 Å². The van der Waals surface area contributed by atoms with Gasteiger partial charge in [0.25, 0.3) is 20.2 Å². The minimum atomic E-state index is -5.27. The van der Waals surface area contributed by atoms with Crippen LogP contribution >= 0.6 is 0 Å². The molecule has 0 spiro atoms. The Morgan fingerprint density at radius 2 is 1.34 bits per heavy atom. The Kier molecular flexibility index (Phi) is 14.4. The van der Waals surface area contributed by atoms with E-state index in [4.69, 9.17) is 0 Å². The second kappa shape index (κ2) is 15.6. The summed E-state index contributed by atoms with van der Waals surface area (Å²) in [5.41, 5.74) is -1.79. The van der Waals surface area contributed by atoms with Crippen molar-refractivity contribution in [2.24, 2.45) is 15.2 Å². The predicted molar refractivity (Wildman–Crippen MR) is 139 cm³/mol. The number of azo groups is 1. The monoisotopic (exact) mass is 687 g/mol. The van der Waals surface area contributed by atoms with E-state index in [0.717, 1.165) is 12.1 Å². The molecule has 4 rings (SSSR count). The summed E-state index contributed by atoms with van der Waals surface area (Å²) in [6.45, 7) is 1.50. The molecule has 14 nitrogen and oxygen atoms in total. The van der Waals surface area contributed by atoms with Crippen molar-refractivity contribution < 1.29 is 138 Å². The molecule has 0 radical (unpaired) electrons. The standard InChI is InChI=1S/C24H19N3O11S3.3Na/c1-13-7-8-17(19(9-13)40(33,34)35)26-27-22-20(41(36,37)38)11-15-10-16(39(30,31)32)12-18(21(15)23(22)28)25-24(29)14-5-3-2-4-6-14;;;/h2-12,28H,1H3,(H,25,29)(H,30,31,32)(H,33,34,35)(H,36,37,38);;;/q;3*+1/p-3. The van der Waals surface area contributed by atoms with Crippen LogP contribution in [0, 0.1) is 6.92 Å². The molecule has 0 atom stereocenters. The molecule has 4 aromatic carbocycles. The van der Waals surface area contributed by atoms with Crippen molar-refractivity contribution in [3.63, 3.8) is 0 Å². The predicted octanol–water partition coefficient (Wildman–Crippen LogP) is -6.51. The van der Waals surface area contributed by atoms with E-state index in [2.05, 4.69) is 15.2 Å².